The lowest BCUT2D eigenvalue weighted by atomic mass is 10.0. The van der Waals surface area contributed by atoms with Crippen LogP contribution in [0.5, 0.6) is 0 Å². The van der Waals surface area contributed by atoms with Crippen molar-refractivity contribution in [1.82, 2.24) is 15.1 Å². The van der Waals surface area contributed by atoms with Crippen LogP contribution in [0.4, 0.5) is 21.5 Å². The van der Waals surface area contributed by atoms with E-state index in [9.17, 15) is 24.5 Å². The number of nitro groups is 1. The van der Waals surface area contributed by atoms with Crippen LogP contribution in [0.3, 0.4) is 0 Å². The lowest BCUT2D eigenvalue weighted by Crippen LogP contribution is -2.54. The molecule has 256 valence electrons. The molecule has 3 aliphatic heterocycles. The van der Waals surface area contributed by atoms with Gasteiger partial charge in [0.25, 0.3) is 5.69 Å². The van der Waals surface area contributed by atoms with Crippen molar-refractivity contribution < 1.29 is 28.5 Å². The van der Waals surface area contributed by atoms with E-state index in [0.717, 1.165) is 5.69 Å². The molecule has 0 aliphatic carbocycles. The van der Waals surface area contributed by atoms with Gasteiger partial charge in [-0.2, -0.15) is 0 Å². The van der Waals surface area contributed by atoms with E-state index in [1.807, 2.05) is 15.9 Å². The van der Waals surface area contributed by atoms with E-state index in [0.29, 0.717) is 87.8 Å². The standard InChI is InChI=1S/C35H38FN7O6/c1-24(44)37-22-28-21-31(38-49-28)26-7-9-33(30(36)19-26)41-15-17-42(18-16-41)34(45)23-39-11-13-40(14-12-39)27-8-10-32(43(47)48)29(20-27)35(46)25-5-3-2-4-6-25/h2-10,19-20,28H,11-18,21-23H2,1H3,(H,37,44). The molecule has 3 heterocycles. The Morgan fingerprint density at radius 2 is 1.65 bits per heavy atom. The fraction of sp³-hybridized carbons (Fsp3) is 0.371. The summed E-state index contributed by atoms with van der Waals surface area (Å²) in [6, 6.07) is 18.1. The van der Waals surface area contributed by atoms with Crippen LogP contribution < -0.4 is 15.1 Å². The van der Waals surface area contributed by atoms with E-state index in [-0.39, 0.29) is 41.5 Å². The Labute approximate surface area is 283 Å². The number of amides is 2. The maximum absolute atomic E-state index is 15.2. The van der Waals surface area contributed by atoms with Crippen molar-refractivity contribution in [2.24, 2.45) is 5.16 Å². The van der Waals surface area contributed by atoms with E-state index in [4.69, 9.17) is 4.84 Å². The maximum Gasteiger partial charge on any atom is 0.280 e. The smallest absolute Gasteiger partial charge is 0.280 e. The number of hydrogen-bond acceptors (Lipinski definition) is 10. The minimum atomic E-state index is -0.536. The Morgan fingerprint density at radius 3 is 2.33 bits per heavy atom. The first-order valence-electron chi connectivity index (χ1n) is 16.3. The number of carbonyl (C=O) groups is 3. The molecule has 1 unspecified atom stereocenters. The molecule has 3 aliphatic rings. The molecular weight excluding hydrogens is 633 g/mol. The van der Waals surface area contributed by atoms with Gasteiger partial charge >= 0.3 is 0 Å². The number of benzene rings is 3. The average molecular weight is 672 g/mol. The van der Waals surface area contributed by atoms with Crippen molar-refractivity contribution in [2.45, 2.75) is 19.4 Å². The van der Waals surface area contributed by atoms with Gasteiger partial charge in [-0.25, -0.2) is 4.39 Å². The van der Waals surface area contributed by atoms with E-state index in [1.54, 1.807) is 48.5 Å². The molecule has 0 saturated carbocycles. The molecule has 6 rings (SSSR count). The van der Waals surface area contributed by atoms with Gasteiger partial charge in [-0.05, 0) is 24.3 Å². The molecule has 14 heteroatoms. The van der Waals surface area contributed by atoms with Gasteiger partial charge in [0, 0.05) is 88.6 Å². The SMILES string of the molecule is CC(=O)NCC1CC(c2ccc(N3CCN(C(=O)CN4CCN(c5ccc([N+](=O)[O-])c(C(=O)c6ccccc6)c5)CC4)CC3)c(F)c2)=NO1. The van der Waals surface area contributed by atoms with Crippen LogP contribution in [-0.2, 0) is 14.4 Å². The lowest BCUT2D eigenvalue weighted by Gasteiger charge is -2.39. The third-order valence-electron chi connectivity index (χ3n) is 9.12. The quantitative estimate of drug-likeness (QED) is 0.196. The van der Waals surface area contributed by atoms with Gasteiger partial charge in [-0.15, -0.1) is 0 Å². The summed E-state index contributed by atoms with van der Waals surface area (Å²) < 4.78 is 15.2. The van der Waals surface area contributed by atoms with Crippen LogP contribution in [0.15, 0.2) is 71.9 Å². The summed E-state index contributed by atoms with van der Waals surface area (Å²) in [4.78, 5) is 61.9. The van der Waals surface area contributed by atoms with Gasteiger partial charge in [0.15, 0.2) is 5.78 Å². The average Bonchev–Trinajstić information content (AvgIpc) is 3.60. The van der Waals surface area contributed by atoms with E-state index >= 15 is 4.39 Å². The molecule has 3 aromatic carbocycles. The first-order chi connectivity index (χ1) is 23.7. The zero-order chi connectivity index (χ0) is 34.5. The zero-order valence-electron chi connectivity index (χ0n) is 27.2. The van der Waals surface area contributed by atoms with Gasteiger partial charge < -0.3 is 24.9 Å². The number of halogens is 1. The Morgan fingerprint density at radius 1 is 0.939 bits per heavy atom. The number of carbonyl (C=O) groups excluding carboxylic acids is 3. The largest absolute Gasteiger partial charge is 0.390 e. The number of hydrogen-bond donors (Lipinski definition) is 1. The molecule has 2 saturated heterocycles. The Kier molecular flexibility index (Phi) is 10.1. The molecular formula is C35H38FN7O6. The van der Waals surface area contributed by atoms with Crippen molar-refractivity contribution in [2.75, 3.05) is 75.2 Å². The van der Waals surface area contributed by atoms with Crippen molar-refractivity contribution in [3.8, 4) is 0 Å². The highest BCUT2D eigenvalue weighted by atomic mass is 19.1. The first-order valence-corrected chi connectivity index (χ1v) is 16.3. The van der Waals surface area contributed by atoms with Gasteiger partial charge in [-0.3, -0.25) is 29.4 Å². The van der Waals surface area contributed by atoms with Crippen LogP contribution in [0, 0.1) is 15.9 Å². The number of nitrogens with zero attached hydrogens (tertiary/aromatic N) is 6. The molecule has 49 heavy (non-hydrogen) atoms. The van der Waals surface area contributed by atoms with E-state index < -0.39 is 10.7 Å². The van der Waals surface area contributed by atoms with Crippen molar-refractivity contribution in [3.63, 3.8) is 0 Å². The molecule has 13 nitrogen and oxygen atoms in total. The second-order valence-corrected chi connectivity index (χ2v) is 12.4. The molecule has 2 amide bonds. The minimum absolute atomic E-state index is 0.0167. The van der Waals surface area contributed by atoms with Crippen LogP contribution in [0.1, 0.15) is 34.8 Å². The van der Waals surface area contributed by atoms with E-state index in [1.165, 1.54) is 19.1 Å². The molecule has 0 bridgehead atoms. The lowest BCUT2D eigenvalue weighted by molar-refractivity contribution is -0.385. The monoisotopic (exact) mass is 671 g/mol. The number of piperazine rings is 2. The van der Waals surface area contributed by atoms with Crippen LogP contribution in [0.2, 0.25) is 0 Å². The summed E-state index contributed by atoms with van der Waals surface area (Å²) in [7, 11) is 0. The summed E-state index contributed by atoms with van der Waals surface area (Å²) >= 11 is 0. The highest BCUT2D eigenvalue weighted by Crippen LogP contribution is 2.29. The third-order valence-corrected chi connectivity index (χ3v) is 9.12. The molecule has 0 radical (unpaired) electrons. The van der Waals surface area contributed by atoms with Gasteiger partial charge in [0.05, 0.1) is 29.4 Å². The van der Waals surface area contributed by atoms with Gasteiger partial charge in [0.1, 0.15) is 17.5 Å². The fourth-order valence-electron chi connectivity index (χ4n) is 6.37. The Bertz CT molecular complexity index is 1750. The van der Waals surface area contributed by atoms with Crippen molar-refractivity contribution in [3.05, 3.63) is 99.4 Å². The summed E-state index contributed by atoms with van der Waals surface area (Å²) in [6.07, 6.45) is 0.194. The second kappa shape index (κ2) is 14.8. The third kappa shape index (κ3) is 7.86. The molecule has 3 aromatic rings. The topological polar surface area (TPSA) is 141 Å². The minimum Gasteiger partial charge on any atom is -0.390 e. The normalized spacial score (nSPS) is 18.1. The van der Waals surface area contributed by atoms with Crippen LogP contribution >= 0.6 is 0 Å². The number of anilines is 2. The Hall–Kier alpha value is -5.37. The number of rotatable bonds is 10. The number of ketones is 1. The number of nitrogens with one attached hydrogen (secondary N) is 1. The first kappa shape index (κ1) is 33.5. The highest BCUT2D eigenvalue weighted by molar-refractivity contribution is 6.12. The predicted molar refractivity (Wildman–Crippen MR) is 182 cm³/mol. The van der Waals surface area contributed by atoms with Crippen molar-refractivity contribution in [1.29, 1.82) is 0 Å². The number of oxime groups is 1. The Balaban J connectivity index is 0.984. The second-order valence-electron chi connectivity index (χ2n) is 12.4. The summed E-state index contributed by atoms with van der Waals surface area (Å²) in [5.74, 6) is -0.902. The van der Waals surface area contributed by atoms with Crippen molar-refractivity contribution >= 4 is 40.4 Å². The van der Waals surface area contributed by atoms with Gasteiger partial charge in [0.2, 0.25) is 11.8 Å². The van der Waals surface area contributed by atoms with Gasteiger partial charge in [-0.1, -0.05) is 41.6 Å². The fourth-order valence-corrected chi connectivity index (χ4v) is 6.37. The molecule has 0 spiro atoms. The summed E-state index contributed by atoms with van der Waals surface area (Å²) in [5.41, 5.74) is 2.67. The maximum atomic E-state index is 15.2. The molecule has 1 N–H and O–H groups in total. The van der Waals surface area contributed by atoms with Crippen LogP contribution in [-0.4, -0.2) is 110 Å². The highest BCUT2D eigenvalue weighted by Gasteiger charge is 2.29. The van der Waals surface area contributed by atoms with E-state index in [2.05, 4.69) is 20.3 Å². The number of nitro benzene ring substituents is 1. The summed E-state index contributed by atoms with van der Waals surface area (Å²) in [5, 5.41) is 18.5. The predicted octanol–water partition coefficient (Wildman–Crippen LogP) is 3.06. The van der Waals surface area contributed by atoms with Crippen LogP contribution in [0.25, 0.3) is 0 Å². The molecule has 1 atom stereocenters. The summed E-state index contributed by atoms with van der Waals surface area (Å²) in [6.45, 7) is 6.43. The zero-order valence-corrected chi connectivity index (χ0v) is 27.2. The molecule has 2 fully saturated rings. The molecule has 0 aromatic heterocycles.